The first-order chi connectivity index (χ1) is 13.4. The first-order valence-corrected chi connectivity index (χ1v) is 9.77. The zero-order chi connectivity index (χ0) is 20.1. The van der Waals surface area contributed by atoms with Crippen LogP contribution < -0.4 is 11.5 Å². The minimum absolute atomic E-state index is 0.169. The number of benzene rings is 2. The lowest BCUT2D eigenvalue weighted by molar-refractivity contribution is -0.131. The molecule has 4 rings (SSSR count). The van der Waals surface area contributed by atoms with Crippen molar-refractivity contribution in [3.8, 4) is 0 Å². The van der Waals surface area contributed by atoms with Gasteiger partial charge in [-0.3, -0.25) is 9.78 Å². The van der Waals surface area contributed by atoms with E-state index >= 15 is 0 Å². The number of oxazole rings is 1. The third kappa shape index (κ3) is 5.53. The van der Waals surface area contributed by atoms with E-state index in [1.54, 1.807) is 36.4 Å². The Kier molecular flexibility index (Phi) is 6.65. The molecular weight excluding hydrogens is 401 g/mol. The van der Waals surface area contributed by atoms with Gasteiger partial charge in [-0.2, -0.15) is 0 Å². The number of halogens is 2. The van der Waals surface area contributed by atoms with Gasteiger partial charge in [0.15, 0.2) is 5.58 Å². The molecule has 0 radical (unpaired) electrons. The summed E-state index contributed by atoms with van der Waals surface area (Å²) in [6, 6.07) is 10.3. The number of hydrogen-bond donors (Lipinski definition) is 2. The zero-order valence-corrected chi connectivity index (χ0v) is 16.7. The van der Waals surface area contributed by atoms with Crippen molar-refractivity contribution >= 4 is 45.9 Å². The number of nitrogen functional groups attached to an aromatic ring is 1. The number of likely N-dealkylation sites (tertiary alicyclic amines) is 1. The number of carbonyl (C=O) groups excluding carboxylic acids is 1. The van der Waals surface area contributed by atoms with Crippen molar-refractivity contribution in [3.63, 3.8) is 0 Å². The summed E-state index contributed by atoms with van der Waals surface area (Å²) in [5.74, 6) is -0.284. The lowest BCUT2D eigenvalue weighted by Gasteiger charge is -2.26. The molecular formula is C20H21Cl2N3O3. The number of nitrogens with one attached hydrogen (secondary N) is 1. The molecule has 1 fully saturated rings. The van der Waals surface area contributed by atoms with Gasteiger partial charge >= 0.3 is 5.76 Å². The monoisotopic (exact) mass is 421 g/mol. The van der Waals surface area contributed by atoms with Gasteiger partial charge in [-0.1, -0.05) is 23.2 Å². The van der Waals surface area contributed by atoms with E-state index in [0.29, 0.717) is 33.3 Å². The summed E-state index contributed by atoms with van der Waals surface area (Å²) in [6.45, 7) is 1.76. The number of aromatic nitrogens is 1. The summed E-state index contributed by atoms with van der Waals surface area (Å²) in [4.78, 5) is 27.1. The Bertz CT molecular complexity index is 1000. The molecule has 1 aliphatic heterocycles. The smallest absolute Gasteiger partial charge is 0.408 e. The molecule has 148 valence electrons. The van der Waals surface area contributed by atoms with E-state index in [1.165, 1.54) is 6.42 Å². The van der Waals surface area contributed by atoms with Crippen LogP contribution in [0.25, 0.3) is 11.1 Å². The predicted octanol–water partition coefficient (Wildman–Crippen LogP) is 4.25. The topological polar surface area (TPSA) is 92.3 Å². The van der Waals surface area contributed by atoms with Gasteiger partial charge in [0, 0.05) is 34.9 Å². The van der Waals surface area contributed by atoms with Gasteiger partial charge in [0.2, 0.25) is 5.91 Å². The van der Waals surface area contributed by atoms with E-state index in [9.17, 15) is 9.59 Å². The molecule has 0 bridgehead atoms. The number of amides is 1. The van der Waals surface area contributed by atoms with Crippen molar-refractivity contribution in [3.05, 3.63) is 62.6 Å². The fourth-order valence-electron chi connectivity index (χ4n) is 3.10. The summed E-state index contributed by atoms with van der Waals surface area (Å²) < 4.78 is 4.76. The molecule has 1 aromatic heterocycles. The second-order valence-corrected chi connectivity index (χ2v) is 7.54. The van der Waals surface area contributed by atoms with Crippen molar-refractivity contribution in [2.75, 3.05) is 18.8 Å². The number of H-pyrrole nitrogens is 1. The van der Waals surface area contributed by atoms with Gasteiger partial charge in [-0.25, -0.2) is 4.79 Å². The fraction of sp³-hybridized carbons (Fsp3) is 0.300. The normalized spacial score (nSPS) is 13.9. The molecule has 0 unspecified atom stereocenters. The number of nitrogens with two attached hydrogens (primary N) is 1. The minimum Gasteiger partial charge on any atom is -0.408 e. The lowest BCUT2D eigenvalue weighted by Crippen LogP contribution is -2.36. The average molecular weight is 422 g/mol. The standard InChI is InChI=1S/C13H15Cl2NO.C7H6N2O2/c14-11-6-10(7-12(15)9-11)8-13(17)16-4-2-1-3-5-16;8-4-1-2-5-6(3-4)11-7(10)9-5/h6-7,9H,1-5,8H2;1-3H,8H2,(H,9,10). The third-order valence-corrected chi connectivity index (χ3v) is 4.87. The van der Waals surface area contributed by atoms with Crippen molar-refractivity contribution in [1.82, 2.24) is 9.88 Å². The molecule has 2 aromatic carbocycles. The molecule has 0 atom stereocenters. The van der Waals surface area contributed by atoms with Crippen LogP contribution in [0.2, 0.25) is 10.0 Å². The maximum atomic E-state index is 12.0. The van der Waals surface area contributed by atoms with Gasteiger partial charge in [0.25, 0.3) is 0 Å². The quantitative estimate of drug-likeness (QED) is 0.604. The average Bonchev–Trinajstić information content (AvgIpc) is 3.01. The Morgan fingerprint density at radius 2 is 1.75 bits per heavy atom. The summed E-state index contributed by atoms with van der Waals surface area (Å²) in [7, 11) is 0. The number of piperidine rings is 1. The highest BCUT2D eigenvalue weighted by atomic mass is 35.5. The van der Waals surface area contributed by atoms with Gasteiger partial charge in [0.1, 0.15) is 0 Å². The van der Waals surface area contributed by atoms with E-state index in [2.05, 4.69) is 4.98 Å². The highest BCUT2D eigenvalue weighted by Gasteiger charge is 2.16. The summed E-state index contributed by atoms with van der Waals surface area (Å²) in [5, 5.41) is 1.16. The van der Waals surface area contributed by atoms with E-state index < -0.39 is 5.76 Å². The fourth-order valence-corrected chi connectivity index (χ4v) is 3.68. The van der Waals surface area contributed by atoms with Gasteiger partial charge in [-0.15, -0.1) is 0 Å². The summed E-state index contributed by atoms with van der Waals surface area (Å²) in [5.41, 5.74) is 8.09. The number of nitrogens with zero attached hydrogens (tertiary/aromatic N) is 1. The summed E-state index contributed by atoms with van der Waals surface area (Å²) in [6.07, 6.45) is 3.84. The predicted molar refractivity (Wildman–Crippen MR) is 112 cm³/mol. The van der Waals surface area contributed by atoms with E-state index in [0.717, 1.165) is 31.5 Å². The van der Waals surface area contributed by atoms with E-state index in [4.69, 9.17) is 33.4 Å². The number of carbonyl (C=O) groups is 1. The molecule has 0 saturated carbocycles. The van der Waals surface area contributed by atoms with Crippen LogP contribution in [-0.4, -0.2) is 28.9 Å². The highest BCUT2D eigenvalue weighted by molar-refractivity contribution is 6.34. The number of hydrogen-bond acceptors (Lipinski definition) is 4. The molecule has 1 amide bonds. The van der Waals surface area contributed by atoms with Crippen LogP contribution in [0.5, 0.6) is 0 Å². The Hall–Kier alpha value is -2.44. The Morgan fingerprint density at radius 1 is 1.07 bits per heavy atom. The first kappa shape index (κ1) is 20.3. The molecule has 0 aliphatic carbocycles. The van der Waals surface area contributed by atoms with Crippen LogP contribution in [0.1, 0.15) is 24.8 Å². The number of aromatic amines is 1. The van der Waals surface area contributed by atoms with Crippen LogP contribution in [-0.2, 0) is 11.2 Å². The number of fused-ring (bicyclic) bond motifs is 1. The molecule has 3 N–H and O–H groups in total. The van der Waals surface area contributed by atoms with Gasteiger partial charge in [0.05, 0.1) is 11.9 Å². The summed E-state index contributed by atoms with van der Waals surface area (Å²) >= 11 is 11.8. The van der Waals surface area contributed by atoms with Crippen molar-refractivity contribution < 1.29 is 9.21 Å². The molecule has 0 spiro atoms. The second-order valence-electron chi connectivity index (χ2n) is 6.67. The number of anilines is 1. The zero-order valence-electron chi connectivity index (χ0n) is 15.2. The van der Waals surface area contributed by atoms with Gasteiger partial charge in [-0.05, 0) is 55.2 Å². The maximum absolute atomic E-state index is 12.0. The van der Waals surface area contributed by atoms with Crippen LogP contribution in [0.15, 0.2) is 45.6 Å². The Morgan fingerprint density at radius 3 is 2.43 bits per heavy atom. The van der Waals surface area contributed by atoms with Crippen LogP contribution >= 0.6 is 23.2 Å². The molecule has 3 aromatic rings. The van der Waals surface area contributed by atoms with Crippen molar-refractivity contribution in [2.45, 2.75) is 25.7 Å². The van der Waals surface area contributed by atoms with Crippen molar-refractivity contribution in [1.29, 1.82) is 0 Å². The molecule has 8 heteroatoms. The molecule has 2 heterocycles. The first-order valence-electron chi connectivity index (χ1n) is 9.02. The Labute approximate surface area is 172 Å². The largest absolute Gasteiger partial charge is 0.417 e. The van der Waals surface area contributed by atoms with Crippen LogP contribution in [0, 0.1) is 0 Å². The van der Waals surface area contributed by atoms with E-state index in [1.807, 2.05) is 4.90 Å². The minimum atomic E-state index is -0.453. The maximum Gasteiger partial charge on any atom is 0.417 e. The third-order valence-electron chi connectivity index (χ3n) is 4.43. The van der Waals surface area contributed by atoms with Crippen molar-refractivity contribution in [2.24, 2.45) is 0 Å². The molecule has 1 saturated heterocycles. The van der Waals surface area contributed by atoms with Crippen LogP contribution in [0.3, 0.4) is 0 Å². The van der Waals surface area contributed by atoms with Crippen LogP contribution in [0.4, 0.5) is 5.69 Å². The Balaban J connectivity index is 0.000000176. The second kappa shape index (κ2) is 9.17. The lowest BCUT2D eigenvalue weighted by atomic mass is 10.1. The number of rotatable bonds is 2. The van der Waals surface area contributed by atoms with Gasteiger partial charge < -0.3 is 15.1 Å². The molecule has 1 aliphatic rings. The van der Waals surface area contributed by atoms with E-state index in [-0.39, 0.29) is 5.91 Å². The molecule has 28 heavy (non-hydrogen) atoms. The SMILES string of the molecule is Nc1ccc2[nH]c(=O)oc2c1.O=C(Cc1cc(Cl)cc(Cl)c1)N1CCCCC1. The highest BCUT2D eigenvalue weighted by Crippen LogP contribution is 2.20. The molecule has 6 nitrogen and oxygen atoms in total.